The molecule has 172 valence electrons. The van der Waals surface area contributed by atoms with Crippen molar-refractivity contribution in [3.63, 3.8) is 0 Å². The molecule has 0 bridgehead atoms. The largest absolute Gasteiger partial charge is 0.416 e. The van der Waals surface area contributed by atoms with Gasteiger partial charge in [-0.2, -0.15) is 13.2 Å². The molecule has 34 heavy (non-hydrogen) atoms. The number of amides is 1. The summed E-state index contributed by atoms with van der Waals surface area (Å²) in [5, 5.41) is 4.66. The van der Waals surface area contributed by atoms with Gasteiger partial charge in [0.05, 0.1) is 23.1 Å². The van der Waals surface area contributed by atoms with Gasteiger partial charge in [0.25, 0.3) is 5.91 Å². The van der Waals surface area contributed by atoms with Gasteiger partial charge in [-0.1, -0.05) is 11.6 Å². The van der Waals surface area contributed by atoms with Crippen LogP contribution in [0.2, 0.25) is 0 Å². The molecule has 0 unspecified atom stereocenters. The van der Waals surface area contributed by atoms with Crippen LogP contribution < -0.4 is 5.32 Å². The lowest BCUT2D eigenvalue weighted by Gasteiger charge is -2.11. The third kappa shape index (κ3) is 3.81. The molecule has 3 aromatic carbocycles. The van der Waals surface area contributed by atoms with E-state index in [9.17, 15) is 18.0 Å². The summed E-state index contributed by atoms with van der Waals surface area (Å²) in [6, 6.07) is 16.4. The molecule has 5 nitrogen and oxygen atoms in total. The summed E-state index contributed by atoms with van der Waals surface area (Å²) >= 11 is 0. The zero-order valence-electron chi connectivity index (χ0n) is 18.5. The van der Waals surface area contributed by atoms with E-state index in [0.29, 0.717) is 17.8 Å². The zero-order valence-corrected chi connectivity index (χ0v) is 18.5. The molecule has 0 aliphatic heterocycles. The molecule has 0 radical (unpaired) electrons. The first-order valence-corrected chi connectivity index (χ1v) is 10.7. The van der Waals surface area contributed by atoms with Crippen LogP contribution in [0, 0.1) is 6.92 Å². The molecule has 0 aliphatic rings. The Morgan fingerprint density at radius 1 is 0.971 bits per heavy atom. The Balaban J connectivity index is 1.58. The lowest BCUT2D eigenvalue weighted by atomic mass is 10.1. The number of halogens is 3. The fourth-order valence-corrected chi connectivity index (χ4v) is 4.18. The Bertz CT molecular complexity index is 1530. The Hall–Kier alpha value is -4.07. The number of hydrogen-bond donors (Lipinski definition) is 1. The third-order valence-electron chi connectivity index (χ3n) is 5.96. The van der Waals surface area contributed by atoms with Gasteiger partial charge < -0.3 is 14.5 Å². The molecule has 2 heterocycles. The molecule has 1 amide bonds. The summed E-state index contributed by atoms with van der Waals surface area (Å²) in [4.78, 5) is 17.1. The Morgan fingerprint density at radius 3 is 2.29 bits per heavy atom. The number of aryl methyl sites for hydroxylation is 2. The maximum atomic E-state index is 13.1. The van der Waals surface area contributed by atoms with Crippen molar-refractivity contribution < 1.29 is 18.0 Å². The molecule has 0 spiro atoms. The van der Waals surface area contributed by atoms with Gasteiger partial charge >= 0.3 is 6.18 Å². The highest BCUT2D eigenvalue weighted by molar-refractivity contribution is 6.11. The van der Waals surface area contributed by atoms with Crippen molar-refractivity contribution in [1.82, 2.24) is 19.4 Å². The van der Waals surface area contributed by atoms with E-state index in [1.165, 1.54) is 12.1 Å². The molecular weight excluding hydrogens is 441 g/mol. The normalized spacial score (nSPS) is 11.9. The van der Waals surface area contributed by atoms with Crippen LogP contribution in [-0.2, 0) is 19.8 Å². The van der Waals surface area contributed by atoms with Gasteiger partial charge in [0.15, 0.2) is 0 Å². The molecule has 0 saturated carbocycles. The highest BCUT2D eigenvalue weighted by atomic mass is 19.4. The van der Waals surface area contributed by atoms with E-state index in [1.54, 1.807) is 12.3 Å². The minimum absolute atomic E-state index is 0.229. The number of rotatable bonds is 4. The zero-order chi connectivity index (χ0) is 24.0. The molecule has 0 saturated heterocycles. The van der Waals surface area contributed by atoms with E-state index < -0.39 is 11.7 Å². The summed E-state index contributed by atoms with van der Waals surface area (Å²) in [6.45, 7) is 2.27. The van der Waals surface area contributed by atoms with Crippen molar-refractivity contribution in [3.8, 4) is 5.69 Å². The van der Waals surface area contributed by atoms with Gasteiger partial charge in [-0.3, -0.25) is 4.79 Å². The van der Waals surface area contributed by atoms with Crippen LogP contribution in [0.25, 0.3) is 27.5 Å². The van der Waals surface area contributed by atoms with Crippen LogP contribution in [-0.4, -0.2) is 20.0 Å². The Morgan fingerprint density at radius 2 is 1.65 bits per heavy atom. The number of carbonyl (C=O) groups excluding carboxylic acids is 1. The van der Waals surface area contributed by atoms with E-state index in [0.717, 1.165) is 45.3 Å². The van der Waals surface area contributed by atoms with Crippen molar-refractivity contribution in [3.05, 3.63) is 95.6 Å². The van der Waals surface area contributed by atoms with Gasteiger partial charge in [-0.15, -0.1) is 0 Å². The number of carbonyl (C=O) groups is 1. The Kier molecular flexibility index (Phi) is 5.16. The summed E-state index contributed by atoms with van der Waals surface area (Å²) < 4.78 is 42.9. The first-order chi connectivity index (χ1) is 16.2. The first kappa shape index (κ1) is 21.8. The van der Waals surface area contributed by atoms with Crippen molar-refractivity contribution in [2.45, 2.75) is 19.6 Å². The molecule has 8 heteroatoms. The number of imidazole rings is 1. The quantitative estimate of drug-likeness (QED) is 0.368. The van der Waals surface area contributed by atoms with Gasteiger partial charge in [0.1, 0.15) is 5.82 Å². The van der Waals surface area contributed by atoms with Gasteiger partial charge in [-0.25, -0.2) is 4.98 Å². The van der Waals surface area contributed by atoms with Gasteiger partial charge in [-0.05, 0) is 61.5 Å². The van der Waals surface area contributed by atoms with Crippen molar-refractivity contribution in [2.24, 2.45) is 7.05 Å². The molecule has 5 rings (SSSR count). The van der Waals surface area contributed by atoms with E-state index in [-0.39, 0.29) is 5.91 Å². The maximum absolute atomic E-state index is 13.1. The second-order valence-electron chi connectivity index (χ2n) is 8.27. The van der Waals surface area contributed by atoms with E-state index in [2.05, 4.69) is 10.3 Å². The minimum atomic E-state index is -4.40. The summed E-state index contributed by atoms with van der Waals surface area (Å²) in [7, 11) is 1.86. The van der Waals surface area contributed by atoms with E-state index in [4.69, 9.17) is 0 Å². The van der Waals surface area contributed by atoms with Crippen molar-refractivity contribution >= 4 is 27.7 Å². The summed E-state index contributed by atoms with van der Waals surface area (Å²) in [5.74, 6) is 0.511. The predicted octanol–water partition coefficient (Wildman–Crippen LogP) is 5.77. The smallest absolute Gasteiger partial charge is 0.345 e. The maximum Gasteiger partial charge on any atom is 0.416 e. The Labute approximate surface area is 193 Å². The van der Waals surface area contributed by atoms with Crippen molar-refractivity contribution in [2.75, 3.05) is 0 Å². The number of fused-ring (bicyclic) bond motifs is 3. The summed E-state index contributed by atoms with van der Waals surface area (Å²) in [5.41, 5.74) is 3.12. The lowest BCUT2D eigenvalue weighted by molar-refractivity contribution is -0.137. The number of hydrogen-bond acceptors (Lipinski definition) is 2. The summed E-state index contributed by atoms with van der Waals surface area (Å²) in [6.07, 6.45) is -0.911. The average molecular weight is 462 g/mol. The molecule has 0 atom stereocenters. The van der Waals surface area contributed by atoms with Crippen molar-refractivity contribution in [1.29, 1.82) is 0 Å². The van der Waals surface area contributed by atoms with E-state index >= 15 is 0 Å². The molecule has 5 aromatic rings. The lowest BCUT2D eigenvalue weighted by Crippen LogP contribution is -2.24. The standard InChI is InChI=1S/C26H21F3N4O/c1-16-3-9-22-20(13-16)21-14-17(25(34)31-15-24-30-11-12-32(24)2)4-10-23(21)33(22)19-7-5-18(6-8-19)26(27,28)29/h3-14H,15H2,1-2H3,(H,31,34). The fraction of sp³-hybridized carbons (Fsp3) is 0.154. The van der Waals surface area contributed by atoms with Crippen LogP contribution in [0.3, 0.4) is 0 Å². The van der Waals surface area contributed by atoms with Gasteiger partial charge in [0, 0.05) is 41.5 Å². The number of alkyl halides is 3. The fourth-order valence-electron chi connectivity index (χ4n) is 4.18. The molecule has 0 aliphatic carbocycles. The average Bonchev–Trinajstić information content (AvgIpc) is 3.36. The third-order valence-corrected chi connectivity index (χ3v) is 5.96. The molecule has 1 N–H and O–H groups in total. The minimum Gasteiger partial charge on any atom is -0.345 e. The van der Waals surface area contributed by atoms with Crippen LogP contribution in [0.1, 0.15) is 27.3 Å². The molecule has 0 fully saturated rings. The SMILES string of the molecule is Cc1ccc2c(c1)c1cc(C(=O)NCc3nccn3C)ccc1n2-c1ccc(C(F)(F)F)cc1. The molecular formula is C26H21F3N4O. The van der Waals surface area contributed by atoms with Crippen LogP contribution in [0.4, 0.5) is 13.2 Å². The predicted molar refractivity (Wildman–Crippen MR) is 125 cm³/mol. The van der Waals surface area contributed by atoms with Crippen LogP contribution in [0.5, 0.6) is 0 Å². The topological polar surface area (TPSA) is 51.9 Å². The number of nitrogens with zero attached hydrogens (tertiary/aromatic N) is 3. The number of nitrogens with one attached hydrogen (secondary N) is 1. The number of aromatic nitrogens is 3. The van der Waals surface area contributed by atoms with E-state index in [1.807, 2.05) is 59.6 Å². The number of benzene rings is 3. The highest BCUT2D eigenvalue weighted by Gasteiger charge is 2.30. The monoisotopic (exact) mass is 462 g/mol. The second kappa shape index (κ2) is 8.06. The second-order valence-corrected chi connectivity index (χ2v) is 8.27. The highest BCUT2D eigenvalue weighted by Crippen LogP contribution is 2.35. The first-order valence-electron chi connectivity index (χ1n) is 10.7. The van der Waals surface area contributed by atoms with Crippen LogP contribution >= 0.6 is 0 Å². The van der Waals surface area contributed by atoms with Gasteiger partial charge in [0.2, 0.25) is 0 Å². The van der Waals surface area contributed by atoms with Crippen LogP contribution in [0.15, 0.2) is 73.1 Å². The molecule has 2 aromatic heterocycles.